The number of oxazole rings is 1. The largest absolute Gasteiger partial charge is 0.448 e. The van der Waals surface area contributed by atoms with Crippen LogP contribution in [0.15, 0.2) is 26.3 Å². The first-order valence-corrected chi connectivity index (χ1v) is 6.13. The number of hydrogen-bond donors (Lipinski definition) is 1. The average Bonchev–Trinajstić information content (AvgIpc) is 3.13. The fourth-order valence-electron chi connectivity index (χ4n) is 1.69. The molecule has 0 unspecified atom stereocenters. The van der Waals surface area contributed by atoms with Crippen LogP contribution in [-0.4, -0.2) is 29.9 Å². The predicted molar refractivity (Wildman–Crippen MR) is 65.7 cm³/mol. The van der Waals surface area contributed by atoms with Crippen LogP contribution in [0, 0.1) is 0 Å². The van der Waals surface area contributed by atoms with Crippen molar-refractivity contribution in [1.29, 1.82) is 0 Å². The average molecular weight is 276 g/mol. The van der Waals surface area contributed by atoms with Gasteiger partial charge in [-0.15, -0.1) is 0 Å². The highest BCUT2D eigenvalue weighted by Crippen LogP contribution is 2.16. The van der Waals surface area contributed by atoms with Crippen molar-refractivity contribution >= 4 is 0 Å². The van der Waals surface area contributed by atoms with Crippen LogP contribution in [0.2, 0.25) is 0 Å². The summed E-state index contributed by atoms with van der Waals surface area (Å²) in [6, 6.07) is 0. The van der Waals surface area contributed by atoms with Crippen LogP contribution in [0.5, 0.6) is 0 Å². The van der Waals surface area contributed by atoms with Gasteiger partial charge in [0.2, 0.25) is 11.7 Å². The Morgan fingerprint density at radius 1 is 1.35 bits per heavy atom. The zero-order valence-electron chi connectivity index (χ0n) is 10.7. The van der Waals surface area contributed by atoms with E-state index in [0.717, 1.165) is 12.8 Å². The fourth-order valence-corrected chi connectivity index (χ4v) is 1.69. The van der Waals surface area contributed by atoms with Crippen molar-refractivity contribution < 1.29 is 8.94 Å². The van der Waals surface area contributed by atoms with Crippen LogP contribution < -0.4 is 5.69 Å². The molecule has 104 valence electrons. The molecule has 0 atom stereocenters. The molecule has 20 heavy (non-hydrogen) atoms. The maximum atomic E-state index is 11.3. The van der Waals surface area contributed by atoms with Crippen LogP contribution >= 0.6 is 0 Å². The topological polar surface area (TPSA) is 116 Å². The van der Waals surface area contributed by atoms with E-state index >= 15 is 0 Å². The maximum absolute atomic E-state index is 11.3. The van der Waals surface area contributed by atoms with Gasteiger partial charge in [-0.3, -0.25) is 4.57 Å². The van der Waals surface area contributed by atoms with Gasteiger partial charge in [-0.1, -0.05) is 12.1 Å². The number of aryl methyl sites for hydroxylation is 1. The Balaban J connectivity index is 1.79. The van der Waals surface area contributed by atoms with Crippen LogP contribution in [0.3, 0.4) is 0 Å². The lowest BCUT2D eigenvalue weighted by Gasteiger charge is -1.91. The molecule has 0 saturated carbocycles. The molecule has 3 rings (SSSR count). The molecular formula is C11H12N6O3. The molecular weight excluding hydrogens is 264 g/mol. The predicted octanol–water partition coefficient (Wildman–Crippen LogP) is 0.610. The van der Waals surface area contributed by atoms with Crippen molar-refractivity contribution in [2.75, 3.05) is 0 Å². The van der Waals surface area contributed by atoms with E-state index in [-0.39, 0.29) is 12.2 Å². The second-order valence-electron chi connectivity index (χ2n) is 4.18. The van der Waals surface area contributed by atoms with E-state index in [1.165, 1.54) is 17.2 Å². The summed E-state index contributed by atoms with van der Waals surface area (Å²) in [5.74, 6) is 1.27. The summed E-state index contributed by atoms with van der Waals surface area (Å²) in [7, 11) is 0. The molecule has 0 saturated heterocycles. The minimum absolute atomic E-state index is 0.155. The zero-order valence-corrected chi connectivity index (χ0v) is 10.7. The summed E-state index contributed by atoms with van der Waals surface area (Å²) < 4.78 is 11.7. The second kappa shape index (κ2) is 5.11. The molecule has 3 aromatic heterocycles. The molecule has 0 aliphatic carbocycles. The lowest BCUT2D eigenvalue weighted by atomic mass is 10.3. The van der Waals surface area contributed by atoms with E-state index in [2.05, 4.69) is 25.3 Å². The minimum atomic E-state index is -0.337. The van der Waals surface area contributed by atoms with E-state index in [1.54, 1.807) is 0 Å². The standard InChI is InChI=1S/C11H12N6O3/c1-2-3-8-13-7(5-19-8)10-14-9(20-16-10)4-17-6-12-15-11(17)18/h5-6H,2-4H2,1H3,(H,15,18). The number of hydrogen-bond acceptors (Lipinski definition) is 7. The van der Waals surface area contributed by atoms with E-state index in [4.69, 9.17) is 8.94 Å². The number of aromatic amines is 1. The van der Waals surface area contributed by atoms with Crippen molar-refractivity contribution in [3.8, 4) is 11.5 Å². The Morgan fingerprint density at radius 2 is 2.25 bits per heavy atom. The molecule has 9 nitrogen and oxygen atoms in total. The highest BCUT2D eigenvalue weighted by molar-refractivity contribution is 5.45. The van der Waals surface area contributed by atoms with E-state index in [1.807, 2.05) is 6.92 Å². The van der Waals surface area contributed by atoms with Crippen LogP contribution in [0.4, 0.5) is 0 Å². The van der Waals surface area contributed by atoms with Crippen molar-refractivity contribution in [1.82, 2.24) is 29.9 Å². The summed E-state index contributed by atoms with van der Waals surface area (Å²) in [5, 5.41) is 9.72. The first kappa shape index (κ1) is 12.3. The molecule has 0 aliphatic rings. The maximum Gasteiger partial charge on any atom is 0.343 e. The second-order valence-corrected chi connectivity index (χ2v) is 4.18. The van der Waals surface area contributed by atoms with Gasteiger partial charge in [-0.05, 0) is 6.42 Å². The van der Waals surface area contributed by atoms with Crippen molar-refractivity contribution in [3.63, 3.8) is 0 Å². The minimum Gasteiger partial charge on any atom is -0.448 e. The third kappa shape index (κ3) is 2.37. The first-order chi connectivity index (χ1) is 9.76. The lowest BCUT2D eigenvalue weighted by molar-refractivity contribution is 0.370. The van der Waals surface area contributed by atoms with Crippen molar-refractivity contribution in [3.05, 3.63) is 34.9 Å². The number of rotatable bonds is 5. The molecule has 1 N–H and O–H groups in total. The molecule has 0 bridgehead atoms. The summed E-state index contributed by atoms with van der Waals surface area (Å²) in [6.07, 6.45) is 4.56. The smallest absolute Gasteiger partial charge is 0.343 e. The number of H-pyrrole nitrogens is 1. The van der Waals surface area contributed by atoms with Crippen LogP contribution in [0.25, 0.3) is 11.5 Å². The third-order valence-electron chi connectivity index (χ3n) is 2.64. The molecule has 0 amide bonds. The summed E-state index contributed by atoms with van der Waals surface area (Å²) in [4.78, 5) is 19.7. The molecule has 0 aliphatic heterocycles. The quantitative estimate of drug-likeness (QED) is 0.725. The van der Waals surface area contributed by atoms with Gasteiger partial charge in [-0.2, -0.15) is 10.1 Å². The van der Waals surface area contributed by atoms with Gasteiger partial charge in [0.15, 0.2) is 5.89 Å². The number of aromatic nitrogens is 6. The Labute approximate surface area is 112 Å². The van der Waals surface area contributed by atoms with E-state index < -0.39 is 0 Å². The summed E-state index contributed by atoms with van der Waals surface area (Å²) in [5.41, 5.74) is 0.180. The van der Waals surface area contributed by atoms with Gasteiger partial charge in [0, 0.05) is 6.42 Å². The highest BCUT2D eigenvalue weighted by atomic mass is 16.5. The normalized spacial score (nSPS) is 11.1. The Bertz CT molecular complexity index is 752. The molecule has 0 fully saturated rings. The summed E-state index contributed by atoms with van der Waals surface area (Å²) >= 11 is 0. The summed E-state index contributed by atoms with van der Waals surface area (Å²) in [6.45, 7) is 2.20. The monoisotopic (exact) mass is 276 g/mol. The van der Waals surface area contributed by atoms with E-state index in [9.17, 15) is 4.79 Å². The number of nitrogens with one attached hydrogen (secondary N) is 1. The van der Waals surface area contributed by atoms with Gasteiger partial charge in [-0.25, -0.2) is 14.9 Å². The van der Waals surface area contributed by atoms with Crippen molar-refractivity contribution in [2.45, 2.75) is 26.3 Å². The van der Waals surface area contributed by atoms with Gasteiger partial charge in [0.25, 0.3) is 0 Å². The van der Waals surface area contributed by atoms with Crippen LogP contribution in [0.1, 0.15) is 25.1 Å². The molecule has 3 aromatic rings. The van der Waals surface area contributed by atoms with Gasteiger partial charge in [0.05, 0.1) is 0 Å². The first-order valence-electron chi connectivity index (χ1n) is 6.13. The lowest BCUT2D eigenvalue weighted by Crippen LogP contribution is -2.16. The van der Waals surface area contributed by atoms with Crippen LogP contribution in [-0.2, 0) is 13.0 Å². The third-order valence-corrected chi connectivity index (χ3v) is 2.64. The molecule has 3 heterocycles. The molecule has 9 heteroatoms. The zero-order chi connectivity index (χ0) is 13.9. The van der Waals surface area contributed by atoms with Gasteiger partial charge < -0.3 is 8.94 Å². The molecule has 0 spiro atoms. The Hall–Kier alpha value is -2.71. The Morgan fingerprint density at radius 3 is 3.00 bits per heavy atom. The SMILES string of the molecule is CCCc1nc(-c2noc(Cn3cn[nH]c3=O)n2)co1. The van der Waals surface area contributed by atoms with Gasteiger partial charge in [0.1, 0.15) is 24.8 Å². The molecule has 0 radical (unpaired) electrons. The fraction of sp³-hybridized carbons (Fsp3) is 0.364. The van der Waals surface area contributed by atoms with E-state index in [0.29, 0.717) is 23.3 Å². The highest BCUT2D eigenvalue weighted by Gasteiger charge is 2.14. The molecule has 0 aromatic carbocycles. The van der Waals surface area contributed by atoms with Gasteiger partial charge >= 0.3 is 5.69 Å². The number of nitrogens with zero attached hydrogens (tertiary/aromatic N) is 5. The Kier molecular flexibility index (Phi) is 3.15. The van der Waals surface area contributed by atoms with Crippen molar-refractivity contribution in [2.24, 2.45) is 0 Å².